The number of aryl methyl sites for hydroxylation is 2. The lowest BCUT2D eigenvalue weighted by Crippen LogP contribution is -2.40. The monoisotopic (exact) mass is 364 g/mol. The van der Waals surface area contributed by atoms with Gasteiger partial charge in [0.15, 0.2) is 5.82 Å². The minimum absolute atomic E-state index is 0.0744. The lowest BCUT2D eigenvalue weighted by Gasteiger charge is -2.31. The van der Waals surface area contributed by atoms with Crippen molar-refractivity contribution in [2.75, 3.05) is 19.6 Å². The lowest BCUT2D eigenvalue weighted by atomic mass is 9.98. The molecule has 2 N–H and O–H groups in total. The van der Waals surface area contributed by atoms with Gasteiger partial charge in [-0.05, 0) is 32.2 Å². The second-order valence-corrected chi connectivity index (χ2v) is 6.18. The number of carbonyl (C=O) groups excluding carboxylic acids is 1. The zero-order valence-corrected chi connectivity index (χ0v) is 15.0. The first-order valence-electron chi connectivity index (χ1n) is 8.37. The molecule has 1 aliphatic rings. The highest BCUT2D eigenvalue weighted by Crippen LogP contribution is 2.17. The Kier molecular flexibility index (Phi) is 7.27. The number of hydrogen-bond donors (Lipinski definition) is 2. The first-order valence-corrected chi connectivity index (χ1v) is 8.37. The number of amides is 1. The molecule has 3 rings (SSSR count). The van der Waals surface area contributed by atoms with Crippen LogP contribution in [0.1, 0.15) is 35.0 Å². The van der Waals surface area contributed by atoms with Crippen LogP contribution in [0.15, 0.2) is 17.0 Å². The summed E-state index contributed by atoms with van der Waals surface area (Å²) in [4.78, 5) is 31.0. The van der Waals surface area contributed by atoms with Crippen LogP contribution >= 0.6 is 0 Å². The molecule has 1 atom stereocenters. The number of imidazole rings is 1. The number of hydrogen-bond acceptors (Lipinski definition) is 7. The third kappa shape index (κ3) is 5.66. The van der Waals surface area contributed by atoms with Crippen molar-refractivity contribution in [2.24, 2.45) is 13.0 Å². The molecular weight excluding hydrogens is 340 g/mol. The Bertz CT molecular complexity index is 713. The van der Waals surface area contributed by atoms with Crippen molar-refractivity contribution >= 4 is 12.4 Å². The molecule has 0 bridgehead atoms. The number of aromatic nitrogens is 4. The minimum atomic E-state index is -0.250. The second-order valence-electron chi connectivity index (χ2n) is 6.18. The van der Waals surface area contributed by atoms with E-state index in [-0.39, 0.29) is 12.4 Å². The van der Waals surface area contributed by atoms with Crippen LogP contribution in [-0.2, 0) is 18.4 Å². The van der Waals surface area contributed by atoms with E-state index in [1.54, 1.807) is 17.1 Å². The number of nitrogens with one attached hydrogen (secondary N) is 1. The van der Waals surface area contributed by atoms with E-state index in [1.807, 2.05) is 14.0 Å². The fourth-order valence-electron chi connectivity index (χ4n) is 2.96. The van der Waals surface area contributed by atoms with E-state index in [4.69, 9.17) is 14.4 Å². The van der Waals surface area contributed by atoms with Gasteiger partial charge in [0.2, 0.25) is 5.89 Å². The smallest absolute Gasteiger partial charge is 0.290 e. The summed E-state index contributed by atoms with van der Waals surface area (Å²) in [6.07, 6.45) is 5.44. The molecule has 1 fully saturated rings. The summed E-state index contributed by atoms with van der Waals surface area (Å²) in [5, 5.41) is 13.7. The first kappa shape index (κ1) is 19.6. The SMILES string of the molecule is Cc1noc(CN2CCCC(CNC(=O)c3cncn3C)C2)n1.O=CO. The molecule has 10 nitrogen and oxygen atoms in total. The van der Waals surface area contributed by atoms with Gasteiger partial charge in [-0.25, -0.2) is 4.98 Å². The van der Waals surface area contributed by atoms with Crippen molar-refractivity contribution < 1.29 is 19.2 Å². The van der Waals surface area contributed by atoms with E-state index in [0.717, 1.165) is 25.9 Å². The number of carbonyl (C=O) groups is 2. The third-order valence-electron chi connectivity index (χ3n) is 4.13. The van der Waals surface area contributed by atoms with Gasteiger partial charge in [-0.15, -0.1) is 0 Å². The molecule has 0 radical (unpaired) electrons. The predicted molar refractivity (Wildman–Crippen MR) is 91.3 cm³/mol. The normalized spacial score (nSPS) is 17.2. The molecule has 2 aromatic heterocycles. The molecular formula is C16H24N6O4. The van der Waals surface area contributed by atoms with Gasteiger partial charge in [0.25, 0.3) is 12.4 Å². The summed E-state index contributed by atoms with van der Waals surface area (Å²) in [5.41, 5.74) is 0.582. The molecule has 2 aromatic rings. The molecule has 26 heavy (non-hydrogen) atoms. The number of piperidine rings is 1. The Labute approximate surface area is 151 Å². The highest BCUT2D eigenvalue weighted by atomic mass is 16.5. The topological polar surface area (TPSA) is 126 Å². The number of carboxylic acid groups (broad SMARTS) is 1. The maximum Gasteiger partial charge on any atom is 0.290 e. The largest absolute Gasteiger partial charge is 0.483 e. The Morgan fingerprint density at radius 3 is 2.92 bits per heavy atom. The highest BCUT2D eigenvalue weighted by molar-refractivity contribution is 5.92. The summed E-state index contributed by atoms with van der Waals surface area (Å²) >= 11 is 0. The van der Waals surface area contributed by atoms with Crippen LogP contribution in [0.25, 0.3) is 0 Å². The molecule has 0 saturated carbocycles. The molecule has 1 amide bonds. The summed E-state index contributed by atoms with van der Waals surface area (Å²) in [7, 11) is 1.82. The van der Waals surface area contributed by atoms with Crippen LogP contribution in [0.3, 0.4) is 0 Å². The first-order chi connectivity index (χ1) is 12.5. The van der Waals surface area contributed by atoms with Crippen molar-refractivity contribution in [3.63, 3.8) is 0 Å². The van der Waals surface area contributed by atoms with E-state index >= 15 is 0 Å². The van der Waals surface area contributed by atoms with Crippen LogP contribution < -0.4 is 5.32 Å². The maximum atomic E-state index is 12.1. The number of likely N-dealkylation sites (tertiary alicyclic amines) is 1. The van der Waals surface area contributed by atoms with Crippen LogP contribution in [-0.4, -0.2) is 61.7 Å². The molecule has 142 valence electrons. The molecule has 0 aromatic carbocycles. The molecule has 1 unspecified atom stereocenters. The van der Waals surface area contributed by atoms with E-state index in [2.05, 4.69) is 25.3 Å². The Balaban J connectivity index is 0.000000758. The highest BCUT2D eigenvalue weighted by Gasteiger charge is 2.22. The summed E-state index contributed by atoms with van der Waals surface area (Å²) in [5.74, 6) is 1.68. The number of nitrogens with zero attached hydrogens (tertiary/aromatic N) is 5. The summed E-state index contributed by atoms with van der Waals surface area (Å²) in [6.45, 7) is 4.86. The van der Waals surface area contributed by atoms with Crippen molar-refractivity contribution in [3.05, 3.63) is 29.9 Å². The fourth-order valence-corrected chi connectivity index (χ4v) is 2.96. The average molecular weight is 364 g/mol. The minimum Gasteiger partial charge on any atom is -0.483 e. The molecule has 3 heterocycles. The average Bonchev–Trinajstić information content (AvgIpc) is 3.22. The zero-order chi connectivity index (χ0) is 18.9. The summed E-state index contributed by atoms with van der Waals surface area (Å²) < 4.78 is 6.90. The van der Waals surface area contributed by atoms with E-state index < -0.39 is 0 Å². The Morgan fingerprint density at radius 2 is 2.31 bits per heavy atom. The van der Waals surface area contributed by atoms with Crippen molar-refractivity contribution in [1.29, 1.82) is 0 Å². The van der Waals surface area contributed by atoms with Gasteiger partial charge in [0.05, 0.1) is 19.1 Å². The van der Waals surface area contributed by atoms with Gasteiger partial charge in [-0.1, -0.05) is 5.16 Å². The number of rotatable bonds is 5. The van der Waals surface area contributed by atoms with Crippen molar-refractivity contribution in [1.82, 2.24) is 29.9 Å². The molecule has 10 heteroatoms. The Morgan fingerprint density at radius 1 is 1.54 bits per heavy atom. The molecule has 0 spiro atoms. The predicted octanol–water partition coefficient (Wildman–Crippen LogP) is 0.454. The van der Waals surface area contributed by atoms with Gasteiger partial charge >= 0.3 is 0 Å². The third-order valence-corrected chi connectivity index (χ3v) is 4.13. The van der Waals surface area contributed by atoms with Crippen molar-refractivity contribution in [3.8, 4) is 0 Å². The fraction of sp³-hybridized carbons (Fsp3) is 0.562. The van der Waals surface area contributed by atoms with E-state index in [0.29, 0.717) is 36.4 Å². The Hall–Kier alpha value is -2.75. The van der Waals surface area contributed by atoms with Gasteiger partial charge in [0.1, 0.15) is 5.69 Å². The molecule has 0 aliphatic carbocycles. The van der Waals surface area contributed by atoms with Crippen LogP contribution in [0.2, 0.25) is 0 Å². The molecule has 1 saturated heterocycles. The summed E-state index contributed by atoms with van der Waals surface area (Å²) in [6, 6.07) is 0. The second kappa shape index (κ2) is 9.66. The standard InChI is InChI=1S/C15H22N6O2.CH2O2/c1-11-18-14(23-19-11)9-21-5-3-4-12(8-21)6-17-15(22)13-7-16-10-20(13)2;2-1-3/h7,10,12H,3-6,8-9H2,1-2H3,(H,17,22);1H,(H,2,3). The van der Waals surface area contributed by atoms with E-state index in [9.17, 15) is 4.79 Å². The van der Waals surface area contributed by atoms with Gasteiger partial charge in [-0.2, -0.15) is 4.98 Å². The van der Waals surface area contributed by atoms with Crippen LogP contribution in [0.5, 0.6) is 0 Å². The van der Waals surface area contributed by atoms with Gasteiger partial charge in [-0.3, -0.25) is 14.5 Å². The molecule has 1 aliphatic heterocycles. The van der Waals surface area contributed by atoms with Crippen molar-refractivity contribution in [2.45, 2.75) is 26.3 Å². The lowest BCUT2D eigenvalue weighted by molar-refractivity contribution is -0.122. The quantitative estimate of drug-likeness (QED) is 0.733. The van der Waals surface area contributed by atoms with Crippen LogP contribution in [0, 0.1) is 12.8 Å². The van der Waals surface area contributed by atoms with Gasteiger partial charge in [0, 0.05) is 20.1 Å². The maximum absolute atomic E-state index is 12.1. The zero-order valence-electron chi connectivity index (χ0n) is 15.0. The van der Waals surface area contributed by atoms with Crippen LogP contribution in [0.4, 0.5) is 0 Å². The van der Waals surface area contributed by atoms with Gasteiger partial charge < -0.3 is 19.5 Å². The van der Waals surface area contributed by atoms with E-state index in [1.165, 1.54) is 0 Å².